The molecule has 2 aromatic rings. The largest absolute Gasteiger partial charge is 0.367 e. The van der Waals surface area contributed by atoms with Crippen LogP contribution in [0.1, 0.15) is 38.5 Å². The Morgan fingerprint density at radius 1 is 1.04 bits per heavy atom. The van der Waals surface area contributed by atoms with Crippen LogP contribution < -0.4 is 26.0 Å². The van der Waals surface area contributed by atoms with E-state index in [-0.39, 0.29) is 5.43 Å². The van der Waals surface area contributed by atoms with Crippen molar-refractivity contribution in [3.05, 3.63) is 20.4 Å². The molecule has 2 saturated heterocycles. The molecule has 0 radical (unpaired) electrons. The summed E-state index contributed by atoms with van der Waals surface area (Å²) in [6, 6.07) is 0.964. The van der Waals surface area contributed by atoms with Crippen LogP contribution in [-0.4, -0.2) is 60.4 Å². The van der Waals surface area contributed by atoms with Crippen molar-refractivity contribution in [1.29, 1.82) is 0 Å². The van der Waals surface area contributed by atoms with E-state index in [0.29, 0.717) is 28.6 Å². The first kappa shape index (κ1) is 18.1. The highest BCUT2D eigenvalue weighted by Gasteiger charge is 2.33. The number of aromatic nitrogens is 2. The van der Waals surface area contributed by atoms with Gasteiger partial charge in [0.2, 0.25) is 10.3 Å². The summed E-state index contributed by atoms with van der Waals surface area (Å²) >= 11 is 1.46. The molecule has 0 amide bonds. The normalized spacial score (nSPS) is 23.5. The molecular weight excluding hydrogens is 376 g/mol. The number of hydrogen-bond donors (Lipinski definition) is 1. The second-order valence-corrected chi connectivity index (χ2v) is 9.18. The van der Waals surface area contributed by atoms with E-state index in [1.165, 1.54) is 43.6 Å². The molecule has 0 bridgehead atoms. The van der Waals surface area contributed by atoms with E-state index in [4.69, 9.17) is 0 Å². The summed E-state index contributed by atoms with van der Waals surface area (Å²) in [5.74, 6) is 0. The van der Waals surface area contributed by atoms with Gasteiger partial charge in [-0.3, -0.25) is 14.5 Å². The fraction of sp³-hybridized carbons (Fsp3) is 0.684. The Labute approximate surface area is 167 Å². The molecule has 1 atom stereocenters. The van der Waals surface area contributed by atoms with Gasteiger partial charge in [-0.2, -0.15) is 0 Å². The van der Waals surface area contributed by atoms with Crippen LogP contribution in [-0.2, 0) is 0 Å². The molecule has 1 N–H and O–H groups in total. The van der Waals surface area contributed by atoms with Crippen molar-refractivity contribution in [2.45, 2.75) is 50.6 Å². The Balaban J connectivity index is 1.31. The van der Waals surface area contributed by atoms with Gasteiger partial charge >= 0.3 is 0 Å². The molecule has 1 saturated carbocycles. The minimum Gasteiger partial charge on any atom is -0.367 e. The lowest BCUT2D eigenvalue weighted by atomic mass is 10.1. The van der Waals surface area contributed by atoms with Crippen molar-refractivity contribution in [3.63, 3.8) is 0 Å². The summed E-state index contributed by atoms with van der Waals surface area (Å²) < 4.78 is 0. The fourth-order valence-corrected chi connectivity index (χ4v) is 5.76. The van der Waals surface area contributed by atoms with Crippen molar-refractivity contribution < 1.29 is 0 Å². The zero-order valence-corrected chi connectivity index (χ0v) is 17.0. The van der Waals surface area contributed by atoms with Crippen molar-refractivity contribution >= 4 is 33.0 Å². The van der Waals surface area contributed by atoms with E-state index >= 15 is 0 Å². The van der Waals surface area contributed by atoms with Gasteiger partial charge in [-0.25, -0.2) is 0 Å². The van der Waals surface area contributed by atoms with Gasteiger partial charge < -0.3 is 15.1 Å². The van der Waals surface area contributed by atoms with Crippen LogP contribution in [0.2, 0.25) is 0 Å². The van der Waals surface area contributed by atoms with E-state index in [9.17, 15) is 9.59 Å². The van der Waals surface area contributed by atoms with Crippen LogP contribution in [0.5, 0.6) is 0 Å². The van der Waals surface area contributed by atoms with Crippen LogP contribution >= 0.6 is 11.3 Å². The van der Waals surface area contributed by atoms with Gasteiger partial charge in [-0.05, 0) is 32.2 Å². The standard InChI is InChI=1S/C19H26N6O2S/c1-23(12-5-2-3-6-12)15-14(16(26)17(15)27)20-18-21-22-19(28-18)25-10-9-24-8-4-7-13(24)11-25/h12-13H,2-11H2,1H3,(H,20,21)/t13-/m0/s1. The molecule has 9 heteroatoms. The zero-order chi connectivity index (χ0) is 19.3. The monoisotopic (exact) mass is 402 g/mol. The number of piperazine rings is 1. The topological polar surface area (TPSA) is 81.7 Å². The predicted octanol–water partition coefficient (Wildman–Crippen LogP) is 1.54. The van der Waals surface area contributed by atoms with E-state index in [1.807, 2.05) is 11.9 Å². The van der Waals surface area contributed by atoms with Crippen molar-refractivity contribution in [2.24, 2.45) is 0 Å². The number of anilines is 4. The van der Waals surface area contributed by atoms with Crippen LogP contribution in [0.15, 0.2) is 9.59 Å². The Bertz CT molecular complexity index is 929. The smallest absolute Gasteiger partial charge is 0.253 e. The lowest BCUT2D eigenvalue weighted by Gasteiger charge is -2.37. The highest BCUT2D eigenvalue weighted by Crippen LogP contribution is 2.33. The molecule has 3 heterocycles. The summed E-state index contributed by atoms with van der Waals surface area (Å²) in [5, 5.41) is 13.1. The van der Waals surface area contributed by atoms with Crippen LogP contribution in [0.4, 0.5) is 21.6 Å². The average molecular weight is 403 g/mol. The van der Waals surface area contributed by atoms with Crippen LogP contribution in [0.25, 0.3) is 0 Å². The van der Waals surface area contributed by atoms with Crippen molar-refractivity contribution in [1.82, 2.24) is 15.1 Å². The molecule has 0 spiro atoms. The van der Waals surface area contributed by atoms with Gasteiger partial charge in [0.05, 0.1) is 0 Å². The molecule has 1 aromatic heterocycles. The minimum absolute atomic E-state index is 0.344. The molecular formula is C19H26N6O2S. The lowest BCUT2D eigenvalue weighted by molar-refractivity contribution is 0.231. The van der Waals surface area contributed by atoms with Gasteiger partial charge in [-0.1, -0.05) is 24.2 Å². The van der Waals surface area contributed by atoms with E-state index < -0.39 is 5.43 Å². The molecule has 28 heavy (non-hydrogen) atoms. The zero-order valence-electron chi connectivity index (χ0n) is 16.2. The Morgan fingerprint density at radius 3 is 2.68 bits per heavy atom. The predicted molar refractivity (Wildman–Crippen MR) is 112 cm³/mol. The lowest BCUT2D eigenvalue weighted by Crippen LogP contribution is -2.50. The summed E-state index contributed by atoms with van der Waals surface area (Å²) in [4.78, 5) is 31.2. The first-order chi connectivity index (χ1) is 13.6. The van der Waals surface area contributed by atoms with E-state index in [2.05, 4.69) is 25.3 Å². The highest BCUT2D eigenvalue weighted by molar-refractivity contribution is 7.19. The number of hydrogen-bond acceptors (Lipinski definition) is 9. The quantitative estimate of drug-likeness (QED) is 0.755. The van der Waals surface area contributed by atoms with Crippen LogP contribution in [0, 0.1) is 0 Å². The maximum absolute atomic E-state index is 12.2. The molecule has 1 aliphatic carbocycles. The first-order valence-corrected chi connectivity index (χ1v) is 11.1. The number of rotatable bonds is 5. The highest BCUT2D eigenvalue weighted by atomic mass is 32.1. The molecule has 5 rings (SSSR count). The van der Waals surface area contributed by atoms with Gasteiger partial charge in [0.1, 0.15) is 11.4 Å². The molecule has 1 aromatic carbocycles. The number of nitrogens with zero attached hydrogens (tertiary/aromatic N) is 5. The SMILES string of the molecule is CN(c1c(Nc2nnc(N3CCN4CCC[C@H]4C3)s2)c(=O)c1=O)C1CCCC1. The first-order valence-electron chi connectivity index (χ1n) is 10.3. The second-order valence-electron chi connectivity index (χ2n) is 8.22. The summed E-state index contributed by atoms with van der Waals surface area (Å²) in [6.07, 6.45) is 7.04. The Morgan fingerprint density at radius 2 is 1.86 bits per heavy atom. The average Bonchev–Trinajstić information content (AvgIpc) is 3.47. The fourth-order valence-electron chi connectivity index (χ4n) is 4.97. The third-order valence-corrected chi connectivity index (χ3v) is 7.51. The van der Waals surface area contributed by atoms with Gasteiger partial charge in [0, 0.05) is 38.8 Å². The third kappa shape index (κ3) is 3.00. The van der Waals surface area contributed by atoms with Crippen molar-refractivity contribution in [2.75, 3.05) is 48.3 Å². The maximum atomic E-state index is 12.2. The molecule has 3 fully saturated rings. The summed E-state index contributed by atoms with van der Waals surface area (Å²) in [5.41, 5.74) is 0.0473. The van der Waals surface area contributed by atoms with Gasteiger partial charge in [0.15, 0.2) is 0 Å². The van der Waals surface area contributed by atoms with Gasteiger partial charge in [0.25, 0.3) is 10.9 Å². The summed E-state index contributed by atoms with van der Waals surface area (Å²) in [6.45, 7) is 4.23. The van der Waals surface area contributed by atoms with Crippen LogP contribution in [0.3, 0.4) is 0 Å². The number of nitrogens with one attached hydrogen (secondary N) is 1. The van der Waals surface area contributed by atoms with E-state index in [1.54, 1.807) is 0 Å². The maximum Gasteiger partial charge on any atom is 0.253 e. The van der Waals surface area contributed by atoms with E-state index in [0.717, 1.165) is 37.6 Å². The third-order valence-electron chi connectivity index (χ3n) is 6.61. The molecule has 150 valence electrons. The molecule has 3 aliphatic rings. The summed E-state index contributed by atoms with van der Waals surface area (Å²) in [7, 11) is 1.92. The minimum atomic E-state index is -0.448. The Hall–Kier alpha value is -2.00. The molecule has 8 nitrogen and oxygen atoms in total. The van der Waals surface area contributed by atoms with Crippen molar-refractivity contribution in [3.8, 4) is 0 Å². The second kappa shape index (κ2) is 7.11. The number of fused-ring (bicyclic) bond motifs is 1. The molecule has 2 aliphatic heterocycles. The Kier molecular flexibility index (Phi) is 4.59. The molecule has 0 unspecified atom stereocenters. The van der Waals surface area contributed by atoms with Gasteiger partial charge in [-0.15, -0.1) is 10.2 Å².